The number of carbonyl (C=O) groups excluding carboxylic acids is 1. The average Bonchev–Trinajstić information content (AvgIpc) is 3.29. The number of nitrogens with zero attached hydrogens (tertiary/aromatic N) is 3. The molecule has 130 valence electrons. The minimum absolute atomic E-state index is 0.0646. The van der Waals surface area contributed by atoms with Gasteiger partial charge in [-0.05, 0) is 68.5 Å². The maximum atomic E-state index is 13.1. The third-order valence-corrected chi connectivity index (χ3v) is 5.51. The highest BCUT2D eigenvalue weighted by Gasteiger charge is 2.42. The van der Waals surface area contributed by atoms with Crippen LogP contribution in [0.5, 0.6) is 0 Å². The lowest BCUT2D eigenvalue weighted by Crippen LogP contribution is -2.55. The summed E-state index contributed by atoms with van der Waals surface area (Å²) in [6.45, 7) is 2.25. The highest BCUT2D eigenvalue weighted by molar-refractivity contribution is 7.07. The predicted molar refractivity (Wildman–Crippen MR) is 96.1 cm³/mol. The summed E-state index contributed by atoms with van der Waals surface area (Å²) >= 11 is 1.68. The van der Waals surface area contributed by atoms with Gasteiger partial charge >= 0.3 is 0 Å². The van der Waals surface area contributed by atoms with Gasteiger partial charge < -0.3 is 15.5 Å². The van der Waals surface area contributed by atoms with Crippen LogP contribution in [0.25, 0.3) is 0 Å². The molecule has 3 rings (SSSR count). The summed E-state index contributed by atoms with van der Waals surface area (Å²) in [5.74, 6) is 0.0646. The monoisotopic (exact) mass is 347 g/mol. The van der Waals surface area contributed by atoms with Crippen LogP contribution in [0.2, 0.25) is 0 Å². The first-order chi connectivity index (χ1) is 11.6. The Balaban J connectivity index is 1.74. The minimum atomic E-state index is -0.583. The van der Waals surface area contributed by atoms with Crippen molar-refractivity contribution in [3.63, 3.8) is 0 Å². The van der Waals surface area contributed by atoms with Gasteiger partial charge in [-0.3, -0.25) is 9.48 Å². The lowest BCUT2D eigenvalue weighted by Gasteiger charge is -2.37. The molecule has 1 unspecified atom stereocenters. The van der Waals surface area contributed by atoms with Gasteiger partial charge in [0.25, 0.3) is 0 Å². The molecule has 1 fully saturated rings. The van der Waals surface area contributed by atoms with Crippen LogP contribution >= 0.6 is 11.3 Å². The molecule has 0 saturated carbocycles. The second kappa shape index (κ2) is 7.46. The zero-order valence-corrected chi connectivity index (χ0v) is 15.1. The standard InChI is InChI=1S/C17H25N5OS/c1-21(2)15(14-4-11-24-13-14)12-19-16(23)17(5-8-18-9-6-17)22-10-3-7-20-22/h3-4,7,10-11,13,15,18H,5-6,8-9,12H2,1-2H3,(H,19,23). The number of thiophene rings is 1. The smallest absolute Gasteiger partial charge is 0.248 e. The van der Waals surface area contributed by atoms with E-state index in [1.54, 1.807) is 17.5 Å². The van der Waals surface area contributed by atoms with E-state index in [0.29, 0.717) is 6.54 Å². The second-order valence-electron chi connectivity index (χ2n) is 6.48. The molecule has 1 aliphatic heterocycles. The van der Waals surface area contributed by atoms with Gasteiger partial charge in [0.1, 0.15) is 5.54 Å². The van der Waals surface area contributed by atoms with Gasteiger partial charge in [0.15, 0.2) is 0 Å². The van der Waals surface area contributed by atoms with Crippen molar-refractivity contribution in [3.8, 4) is 0 Å². The van der Waals surface area contributed by atoms with Gasteiger partial charge in [0.2, 0.25) is 5.91 Å². The van der Waals surface area contributed by atoms with E-state index in [0.717, 1.165) is 25.9 Å². The largest absolute Gasteiger partial charge is 0.352 e. The third kappa shape index (κ3) is 3.38. The van der Waals surface area contributed by atoms with Crippen LogP contribution in [-0.2, 0) is 10.3 Å². The third-order valence-electron chi connectivity index (χ3n) is 4.80. The maximum absolute atomic E-state index is 13.1. The SMILES string of the molecule is CN(C)C(CNC(=O)C1(n2cccn2)CCNCC1)c1ccsc1. The first kappa shape index (κ1) is 17.1. The Hall–Kier alpha value is -1.70. The van der Waals surface area contributed by atoms with Crippen LogP contribution in [0, 0.1) is 0 Å². The van der Waals surface area contributed by atoms with Crippen LogP contribution in [0.1, 0.15) is 24.4 Å². The van der Waals surface area contributed by atoms with E-state index in [1.807, 2.05) is 31.0 Å². The lowest BCUT2D eigenvalue weighted by molar-refractivity contribution is -0.132. The summed E-state index contributed by atoms with van der Waals surface area (Å²) in [5.41, 5.74) is 0.657. The summed E-state index contributed by atoms with van der Waals surface area (Å²) in [6, 6.07) is 4.18. The number of piperidine rings is 1. The Morgan fingerprint density at radius 2 is 2.29 bits per heavy atom. The number of carbonyl (C=O) groups is 1. The van der Waals surface area contributed by atoms with E-state index in [9.17, 15) is 4.79 Å². The van der Waals surface area contributed by atoms with E-state index < -0.39 is 5.54 Å². The van der Waals surface area contributed by atoms with Crippen molar-refractivity contribution in [1.29, 1.82) is 0 Å². The van der Waals surface area contributed by atoms with E-state index in [1.165, 1.54) is 5.56 Å². The Morgan fingerprint density at radius 1 is 1.50 bits per heavy atom. The Labute approximate surface area is 146 Å². The van der Waals surface area contributed by atoms with Gasteiger partial charge in [-0.1, -0.05) is 0 Å². The predicted octanol–water partition coefficient (Wildman–Crippen LogP) is 1.44. The van der Waals surface area contributed by atoms with Crippen LogP contribution in [0.4, 0.5) is 0 Å². The molecule has 0 aliphatic carbocycles. The molecule has 1 atom stereocenters. The first-order valence-electron chi connectivity index (χ1n) is 8.31. The summed E-state index contributed by atoms with van der Waals surface area (Å²) in [7, 11) is 4.09. The van der Waals surface area contributed by atoms with Gasteiger partial charge in [-0.2, -0.15) is 16.4 Å². The quantitative estimate of drug-likeness (QED) is 0.830. The normalized spacial score (nSPS) is 18.5. The van der Waals surface area contributed by atoms with E-state index in [-0.39, 0.29) is 11.9 Å². The molecule has 3 heterocycles. The molecule has 2 N–H and O–H groups in total. The molecular formula is C17H25N5OS. The van der Waals surface area contributed by atoms with Crippen molar-refractivity contribution in [2.75, 3.05) is 33.7 Å². The van der Waals surface area contributed by atoms with Crippen LogP contribution in [-0.4, -0.2) is 54.3 Å². The maximum Gasteiger partial charge on any atom is 0.248 e. The topological polar surface area (TPSA) is 62.2 Å². The van der Waals surface area contributed by atoms with Gasteiger partial charge in [0.05, 0.1) is 6.04 Å². The summed E-state index contributed by atoms with van der Waals surface area (Å²) in [6.07, 6.45) is 5.15. The zero-order chi connectivity index (χ0) is 17.0. The number of aromatic nitrogens is 2. The summed E-state index contributed by atoms with van der Waals surface area (Å²) in [4.78, 5) is 15.2. The Bertz CT molecular complexity index is 632. The van der Waals surface area contributed by atoms with Crippen LogP contribution in [0.3, 0.4) is 0 Å². The molecule has 7 heteroatoms. The number of hydrogen-bond acceptors (Lipinski definition) is 5. The van der Waals surface area contributed by atoms with Crippen molar-refractivity contribution in [1.82, 2.24) is 25.3 Å². The molecule has 2 aromatic heterocycles. The Kier molecular flexibility index (Phi) is 5.33. The summed E-state index contributed by atoms with van der Waals surface area (Å²) < 4.78 is 1.83. The molecule has 6 nitrogen and oxygen atoms in total. The van der Waals surface area contributed by atoms with Crippen molar-refractivity contribution in [3.05, 3.63) is 40.8 Å². The van der Waals surface area contributed by atoms with Crippen molar-refractivity contribution >= 4 is 17.2 Å². The molecule has 2 aromatic rings. The van der Waals surface area contributed by atoms with Crippen LogP contribution in [0.15, 0.2) is 35.3 Å². The molecule has 0 aromatic carbocycles. The molecule has 1 saturated heterocycles. The minimum Gasteiger partial charge on any atom is -0.352 e. The molecule has 0 spiro atoms. The number of hydrogen-bond donors (Lipinski definition) is 2. The van der Waals surface area contributed by atoms with Crippen LogP contribution < -0.4 is 10.6 Å². The molecule has 1 amide bonds. The van der Waals surface area contributed by atoms with E-state index in [2.05, 4.69) is 37.5 Å². The molecule has 1 aliphatic rings. The van der Waals surface area contributed by atoms with E-state index >= 15 is 0 Å². The second-order valence-corrected chi connectivity index (χ2v) is 7.26. The fourth-order valence-electron chi connectivity index (χ4n) is 3.34. The summed E-state index contributed by atoms with van der Waals surface area (Å²) in [5, 5.41) is 15.1. The Morgan fingerprint density at radius 3 is 2.88 bits per heavy atom. The van der Waals surface area contributed by atoms with Gasteiger partial charge in [-0.15, -0.1) is 0 Å². The fourth-order valence-corrected chi connectivity index (χ4v) is 4.05. The average molecular weight is 347 g/mol. The highest BCUT2D eigenvalue weighted by atomic mass is 32.1. The van der Waals surface area contributed by atoms with Gasteiger partial charge in [-0.25, -0.2) is 0 Å². The van der Waals surface area contributed by atoms with Crippen molar-refractivity contribution in [2.45, 2.75) is 24.4 Å². The van der Waals surface area contributed by atoms with Crippen molar-refractivity contribution in [2.24, 2.45) is 0 Å². The number of likely N-dealkylation sites (N-methyl/N-ethyl adjacent to an activating group) is 1. The number of rotatable bonds is 6. The number of nitrogens with one attached hydrogen (secondary N) is 2. The van der Waals surface area contributed by atoms with E-state index in [4.69, 9.17) is 0 Å². The fraction of sp³-hybridized carbons (Fsp3) is 0.529. The lowest BCUT2D eigenvalue weighted by atomic mass is 9.87. The molecular weight excluding hydrogens is 322 g/mol. The van der Waals surface area contributed by atoms with Crippen molar-refractivity contribution < 1.29 is 4.79 Å². The zero-order valence-electron chi connectivity index (χ0n) is 14.2. The van der Waals surface area contributed by atoms with Gasteiger partial charge in [0, 0.05) is 18.9 Å². The number of amides is 1. The molecule has 0 radical (unpaired) electrons. The highest BCUT2D eigenvalue weighted by Crippen LogP contribution is 2.28. The first-order valence-corrected chi connectivity index (χ1v) is 9.25. The molecule has 24 heavy (non-hydrogen) atoms. The molecule has 0 bridgehead atoms.